The molecule has 1 saturated heterocycles. The van der Waals surface area contributed by atoms with Crippen LogP contribution in [0, 0.1) is 5.82 Å². The highest BCUT2D eigenvalue weighted by Gasteiger charge is 2.45. The third-order valence-corrected chi connectivity index (χ3v) is 3.63. The Kier molecular flexibility index (Phi) is 6.93. The highest BCUT2D eigenvalue weighted by Crippen LogP contribution is 2.38. The van der Waals surface area contributed by atoms with E-state index in [0.717, 1.165) is 6.07 Å². The topological polar surface area (TPSA) is 44.7 Å². The van der Waals surface area contributed by atoms with Gasteiger partial charge in [-0.15, -0.1) is 12.4 Å². The summed E-state index contributed by atoms with van der Waals surface area (Å²) in [6.07, 6.45) is 0. The van der Waals surface area contributed by atoms with E-state index in [1.807, 2.05) is 0 Å². The molecule has 0 radical (unpaired) electrons. The number of hydrogen-bond acceptors (Lipinski definition) is 4. The Labute approximate surface area is 133 Å². The van der Waals surface area contributed by atoms with Crippen molar-refractivity contribution < 1.29 is 23.0 Å². The first-order valence-electron chi connectivity index (χ1n) is 6.76. The standard InChI is InChI=1S/C14H19F3N2O2.ClH/c1-21-10-2-3-11(12(15)8-10)13(14(16,17)9-20)19-6-4-18-5-7-19;/h2-3,8,13,18,20H,4-7,9H2,1H3;1H/t13-;/m1./s1. The van der Waals surface area contributed by atoms with Crippen LogP contribution in [0.15, 0.2) is 18.2 Å². The molecule has 126 valence electrons. The number of benzene rings is 1. The van der Waals surface area contributed by atoms with Gasteiger partial charge in [-0.05, 0) is 6.07 Å². The van der Waals surface area contributed by atoms with Crippen LogP contribution in [0.5, 0.6) is 5.75 Å². The Morgan fingerprint density at radius 1 is 1.36 bits per heavy atom. The molecule has 22 heavy (non-hydrogen) atoms. The van der Waals surface area contributed by atoms with Crippen LogP contribution in [0.2, 0.25) is 0 Å². The Bertz CT molecular complexity index is 485. The predicted octanol–water partition coefficient (Wildman–Crippen LogP) is 1.83. The summed E-state index contributed by atoms with van der Waals surface area (Å²) in [4.78, 5) is 1.50. The fraction of sp³-hybridized carbons (Fsp3) is 0.571. The number of rotatable bonds is 5. The average Bonchev–Trinajstić information content (AvgIpc) is 2.50. The lowest BCUT2D eigenvalue weighted by molar-refractivity contribution is -0.119. The molecule has 0 amide bonds. The van der Waals surface area contributed by atoms with Crippen LogP contribution in [0.25, 0.3) is 0 Å². The third-order valence-electron chi connectivity index (χ3n) is 3.63. The van der Waals surface area contributed by atoms with Gasteiger partial charge >= 0.3 is 0 Å². The SMILES string of the molecule is COc1ccc([C@@H](N2CCNCC2)C(F)(F)CO)c(F)c1.Cl. The molecule has 4 nitrogen and oxygen atoms in total. The molecular weight excluding hydrogens is 321 g/mol. The lowest BCUT2D eigenvalue weighted by Gasteiger charge is -2.38. The lowest BCUT2D eigenvalue weighted by atomic mass is 9.97. The summed E-state index contributed by atoms with van der Waals surface area (Å²) >= 11 is 0. The fourth-order valence-corrected chi connectivity index (χ4v) is 2.57. The summed E-state index contributed by atoms with van der Waals surface area (Å²) in [5, 5.41) is 12.1. The van der Waals surface area contributed by atoms with Gasteiger partial charge in [-0.25, -0.2) is 13.2 Å². The molecule has 0 aliphatic carbocycles. The summed E-state index contributed by atoms with van der Waals surface area (Å²) in [6.45, 7) is 0.510. The minimum atomic E-state index is -3.42. The molecule has 0 bridgehead atoms. The van der Waals surface area contributed by atoms with E-state index in [1.165, 1.54) is 24.1 Å². The van der Waals surface area contributed by atoms with Crippen molar-refractivity contribution in [2.45, 2.75) is 12.0 Å². The second-order valence-corrected chi connectivity index (χ2v) is 5.00. The number of halogens is 4. The number of ether oxygens (including phenoxy) is 1. The second-order valence-electron chi connectivity index (χ2n) is 5.00. The van der Waals surface area contributed by atoms with Gasteiger partial charge < -0.3 is 15.2 Å². The quantitative estimate of drug-likeness (QED) is 0.858. The average molecular weight is 341 g/mol. The lowest BCUT2D eigenvalue weighted by Crippen LogP contribution is -2.51. The van der Waals surface area contributed by atoms with Crippen LogP contribution in [0.4, 0.5) is 13.2 Å². The molecule has 2 N–H and O–H groups in total. The first-order chi connectivity index (χ1) is 9.99. The molecule has 2 rings (SSSR count). The van der Waals surface area contributed by atoms with Crippen LogP contribution >= 0.6 is 12.4 Å². The normalized spacial score (nSPS) is 17.7. The highest BCUT2D eigenvalue weighted by atomic mass is 35.5. The molecule has 0 saturated carbocycles. The number of aliphatic hydroxyl groups excluding tert-OH is 1. The van der Waals surface area contributed by atoms with Gasteiger partial charge in [0.15, 0.2) is 0 Å². The Morgan fingerprint density at radius 3 is 2.50 bits per heavy atom. The van der Waals surface area contributed by atoms with Gasteiger partial charge in [0, 0.05) is 37.8 Å². The van der Waals surface area contributed by atoms with Gasteiger partial charge in [-0.3, -0.25) is 4.90 Å². The maximum atomic E-state index is 14.2. The van der Waals surface area contributed by atoms with E-state index >= 15 is 0 Å². The maximum absolute atomic E-state index is 14.2. The van der Waals surface area contributed by atoms with Crippen molar-refractivity contribution in [1.82, 2.24) is 10.2 Å². The van der Waals surface area contributed by atoms with Crippen molar-refractivity contribution in [2.24, 2.45) is 0 Å². The van der Waals surface area contributed by atoms with Gasteiger partial charge in [-0.1, -0.05) is 6.07 Å². The Morgan fingerprint density at radius 2 is 2.00 bits per heavy atom. The minimum absolute atomic E-state index is 0. The van der Waals surface area contributed by atoms with Crippen molar-refractivity contribution in [2.75, 3.05) is 39.9 Å². The molecule has 8 heteroatoms. The molecule has 1 heterocycles. The molecule has 0 unspecified atom stereocenters. The molecule has 1 aromatic carbocycles. The van der Waals surface area contributed by atoms with Crippen molar-refractivity contribution in [3.63, 3.8) is 0 Å². The van der Waals surface area contributed by atoms with Gasteiger partial charge in [0.25, 0.3) is 5.92 Å². The first-order valence-corrected chi connectivity index (χ1v) is 6.76. The maximum Gasteiger partial charge on any atom is 0.290 e. The molecule has 1 atom stereocenters. The summed E-state index contributed by atoms with van der Waals surface area (Å²) in [5.41, 5.74) is -0.128. The molecule has 1 fully saturated rings. The zero-order valence-corrected chi connectivity index (χ0v) is 13.0. The minimum Gasteiger partial charge on any atom is -0.497 e. The van der Waals surface area contributed by atoms with Crippen LogP contribution < -0.4 is 10.1 Å². The molecule has 1 aromatic rings. The number of alkyl halides is 2. The van der Waals surface area contributed by atoms with E-state index in [9.17, 15) is 13.2 Å². The zero-order chi connectivity index (χ0) is 15.5. The van der Waals surface area contributed by atoms with Crippen molar-refractivity contribution in [3.05, 3.63) is 29.6 Å². The molecule has 1 aliphatic heterocycles. The monoisotopic (exact) mass is 340 g/mol. The zero-order valence-electron chi connectivity index (χ0n) is 12.2. The summed E-state index contributed by atoms with van der Waals surface area (Å²) in [6, 6.07) is 2.33. The van der Waals surface area contributed by atoms with E-state index in [2.05, 4.69) is 5.32 Å². The third kappa shape index (κ3) is 4.04. The molecule has 0 aromatic heterocycles. The van der Waals surface area contributed by atoms with Crippen molar-refractivity contribution in [1.29, 1.82) is 0 Å². The number of piperazine rings is 1. The number of hydrogen-bond donors (Lipinski definition) is 2. The number of methoxy groups -OCH3 is 1. The summed E-state index contributed by atoms with van der Waals surface area (Å²) < 4.78 is 47.3. The van der Waals surface area contributed by atoms with Crippen molar-refractivity contribution >= 4 is 12.4 Å². The number of aliphatic hydroxyl groups is 1. The van der Waals surface area contributed by atoms with Crippen LogP contribution in [-0.2, 0) is 0 Å². The first kappa shape index (κ1) is 19.0. The van der Waals surface area contributed by atoms with Gasteiger partial charge in [0.05, 0.1) is 7.11 Å². The fourth-order valence-electron chi connectivity index (χ4n) is 2.57. The van der Waals surface area contributed by atoms with E-state index in [4.69, 9.17) is 9.84 Å². The summed E-state index contributed by atoms with van der Waals surface area (Å²) in [5.74, 6) is -3.92. The number of nitrogens with one attached hydrogen (secondary N) is 1. The van der Waals surface area contributed by atoms with E-state index in [1.54, 1.807) is 0 Å². The summed E-state index contributed by atoms with van der Waals surface area (Å²) in [7, 11) is 1.38. The van der Waals surface area contributed by atoms with Gasteiger partial charge in [-0.2, -0.15) is 0 Å². The largest absolute Gasteiger partial charge is 0.497 e. The van der Waals surface area contributed by atoms with E-state index in [0.29, 0.717) is 26.2 Å². The highest BCUT2D eigenvalue weighted by molar-refractivity contribution is 5.85. The molecular formula is C14H20ClF3N2O2. The van der Waals surface area contributed by atoms with Crippen LogP contribution in [0.1, 0.15) is 11.6 Å². The number of nitrogens with zero attached hydrogens (tertiary/aromatic N) is 1. The van der Waals surface area contributed by atoms with Crippen LogP contribution in [0.3, 0.4) is 0 Å². The Balaban J connectivity index is 0.00000242. The Hall–Kier alpha value is -1.02. The van der Waals surface area contributed by atoms with Crippen LogP contribution in [-0.4, -0.2) is 55.8 Å². The second kappa shape index (κ2) is 8.01. The van der Waals surface area contributed by atoms with E-state index < -0.39 is 24.4 Å². The van der Waals surface area contributed by atoms with Crippen molar-refractivity contribution in [3.8, 4) is 5.75 Å². The molecule has 1 aliphatic rings. The van der Waals surface area contributed by atoms with Gasteiger partial charge in [0.2, 0.25) is 0 Å². The molecule has 0 spiro atoms. The van der Waals surface area contributed by atoms with E-state index in [-0.39, 0.29) is 23.7 Å². The van der Waals surface area contributed by atoms with Gasteiger partial charge in [0.1, 0.15) is 24.2 Å². The predicted molar refractivity (Wildman–Crippen MR) is 79.4 cm³/mol. The smallest absolute Gasteiger partial charge is 0.290 e.